The third kappa shape index (κ3) is 6.69. The van der Waals surface area contributed by atoms with Crippen molar-refractivity contribution in [3.63, 3.8) is 0 Å². The van der Waals surface area contributed by atoms with Crippen LogP contribution in [0.5, 0.6) is 11.5 Å². The molecule has 1 aliphatic rings. The highest BCUT2D eigenvalue weighted by molar-refractivity contribution is 7.99. The molecule has 2 atom stereocenters. The van der Waals surface area contributed by atoms with Gasteiger partial charge < -0.3 is 10.2 Å². The van der Waals surface area contributed by atoms with Gasteiger partial charge >= 0.3 is 0 Å². The molecule has 0 amide bonds. The van der Waals surface area contributed by atoms with Gasteiger partial charge in [-0.2, -0.15) is 0 Å². The fourth-order valence-electron chi connectivity index (χ4n) is 4.97. The van der Waals surface area contributed by atoms with Gasteiger partial charge in [-0.05, 0) is 72.6 Å². The van der Waals surface area contributed by atoms with Crippen molar-refractivity contribution in [3.05, 3.63) is 46.5 Å². The van der Waals surface area contributed by atoms with Crippen LogP contribution in [0.4, 0.5) is 0 Å². The molecule has 188 valence electrons. The Balaban J connectivity index is 1.72. The lowest BCUT2D eigenvalue weighted by Crippen LogP contribution is -2.23. The van der Waals surface area contributed by atoms with E-state index in [2.05, 4.69) is 79.7 Å². The van der Waals surface area contributed by atoms with E-state index in [0.29, 0.717) is 23.3 Å². The van der Waals surface area contributed by atoms with E-state index in [1.54, 1.807) is 0 Å². The maximum absolute atomic E-state index is 11.0. The first-order chi connectivity index (χ1) is 15.8. The fraction of sp³-hybridized carbons (Fsp3) is 0.600. The lowest BCUT2D eigenvalue weighted by atomic mass is 9.81. The summed E-state index contributed by atoms with van der Waals surface area (Å²) in [5, 5.41) is 22.0. The number of aryl methyl sites for hydroxylation is 2. The largest absolute Gasteiger partial charge is 0.506 e. The van der Waals surface area contributed by atoms with Crippen molar-refractivity contribution in [2.24, 2.45) is 11.8 Å². The van der Waals surface area contributed by atoms with Crippen molar-refractivity contribution >= 4 is 23.5 Å². The Morgan fingerprint density at radius 2 is 1.03 bits per heavy atom. The minimum absolute atomic E-state index is 0.0723. The van der Waals surface area contributed by atoms with E-state index in [-0.39, 0.29) is 10.8 Å². The lowest BCUT2D eigenvalue weighted by molar-refractivity contribution is 0.287. The second kappa shape index (κ2) is 10.8. The Bertz CT molecular complexity index is 917. The number of benzene rings is 2. The molecule has 2 aromatic carbocycles. The second-order valence-corrected chi connectivity index (χ2v) is 14.4. The molecule has 0 radical (unpaired) electrons. The maximum atomic E-state index is 11.0. The molecule has 2 nitrogen and oxygen atoms in total. The van der Waals surface area contributed by atoms with Gasteiger partial charge in [0, 0.05) is 32.4 Å². The van der Waals surface area contributed by atoms with Gasteiger partial charge in [0.25, 0.3) is 0 Å². The highest BCUT2D eigenvalue weighted by Gasteiger charge is 2.28. The van der Waals surface area contributed by atoms with Crippen molar-refractivity contribution in [1.82, 2.24) is 0 Å². The number of rotatable bonds is 6. The normalized spacial score (nSPS) is 19.4. The molecule has 0 aromatic heterocycles. The quantitative estimate of drug-likeness (QED) is 0.388. The second-order valence-electron chi connectivity index (χ2n) is 12.2. The van der Waals surface area contributed by atoms with E-state index >= 15 is 0 Å². The molecule has 0 aliphatic heterocycles. The Labute approximate surface area is 216 Å². The fourth-order valence-corrected chi connectivity index (χ4v) is 7.67. The Hall–Kier alpha value is -1.26. The van der Waals surface area contributed by atoms with Crippen LogP contribution in [0.1, 0.15) is 89.5 Å². The minimum atomic E-state index is -0.0723. The summed E-state index contributed by atoms with van der Waals surface area (Å²) in [6.07, 6.45) is 5.10. The van der Waals surface area contributed by atoms with E-state index in [0.717, 1.165) is 32.4 Å². The summed E-state index contributed by atoms with van der Waals surface area (Å²) in [7, 11) is 0. The van der Waals surface area contributed by atoms with Gasteiger partial charge in [0.05, 0.1) is 0 Å². The van der Waals surface area contributed by atoms with Gasteiger partial charge in [0.1, 0.15) is 11.5 Å². The van der Waals surface area contributed by atoms with Crippen LogP contribution in [0.3, 0.4) is 0 Å². The lowest BCUT2D eigenvalue weighted by Gasteiger charge is -2.32. The summed E-state index contributed by atoms with van der Waals surface area (Å²) in [5.41, 5.74) is 4.36. The van der Waals surface area contributed by atoms with Gasteiger partial charge in [0.15, 0.2) is 0 Å². The first-order valence-corrected chi connectivity index (χ1v) is 14.7. The molecule has 0 saturated heterocycles. The zero-order chi connectivity index (χ0) is 25.3. The van der Waals surface area contributed by atoms with Gasteiger partial charge in [-0.25, -0.2) is 0 Å². The first kappa shape index (κ1) is 27.3. The van der Waals surface area contributed by atoms with Crippen LogP contribution >= 0.6 is 23.5 Å². The molecule has 0 spiro atoms. The van der Waals surface area contributed by atoms with Crippen molar-refractivity contribution in [1.29, 1.82) is 0 Å². The van der Waals surface area contributed by atoms with E-state index in [9.17, 15) is 10.2 Å². The smallest absolute Gasteiger partial charge is 0.132 e. The van der Waals surface area contributed by atoms with Crippen LogP contribution in [-0.2, 0) is 10.8 Å². The summed E-state index contributed by atoms with van der Waals surface area (Å²) in [6, 6.07) is 8.53. The predicted octanol–water partition coefficient (Wildman–Crippen LogP) is 9.00. The van der Waals surface area contributed by atoms with E-state index in [4.69, 9.17) is 0 Å². The molecule has 0 unspecified atom stereocenters. The predicted molar refractivity (Wildman–Crippen MR) is 150 cm³/mol. The molecule has 1 saturated carbocycles. The number of hydrogen-bond donors (Lipinski definition) is 2. The average molecular weight is 501 g/mol. The van der Waals surface area contributed by atoms with Crippen LogP contribution in [0.25, 0.3) is 0 Å². The summed E-state index contributed by atoms with van der Waals surface area (Å²) >= 11 is 3.65. The Kier molecular flexibility index (Phi) is 8.67. The summed E-state index contributed by atoms with van der Waals surface area (Å²) in [5.74, 6) is 4.28. The van der Waals surface area contributed by atoms with Gasteiger partial charge in [-0.3, -0.25) is 0 Å². The average Bonchev–Trinajstić information content (AvgIpc) is 2.73. The van der Waals surface area contributed by atoms with Crippen LogP contribution in [-0.4, -0.2) is 21.7 Å². The molecule has 2 N–H and O–H groups in total. The number of thioether (sulfide) groups is 2. The van der Waals surface area contributed by atoms with Crippen LogP contribution in [0, 0.1) is 25.7 Å². The van der Waals surface area contributed by atoms with Crippen molar-refractivity contribution in [2.45, 2.75) is 102 Å². The van der Waals surface area contributed by atoms with E-state index in [1.807, 2.05) is 23.5 Å². The summed E-state index contributed by atoms with van der Waals surface area (Å²) in [6.45, 7) is 17.2. The van der Waals surface area contributed by atoms with Gasteiger partial charge in [0.2, 0.25) is 0 Å². The first-order valence-electron chi connectivity index (χ1n) is 12.7. The van der Waals surface area contributed by atoms with Gasteiger partial charge in [-0.15, -0.1) is 23.5 Å². The molecular formula is C30H44O2S2. The van der Waals surface area contributed by atoms with Gasteiger partial charge in [-0.1, -0.05) is 66.5 Å². The SMILES string of the molecule is Cc1cc(SC[C@H]2CCCC[C@@H]2CSc2cc(C)cc(C(C)(C)C)c2O)c(O)c(C(C)(C)C)c1. The number of phenolic OH excluding ortho intramolecular Hbond substituents is 2. The standard InChI is InChI=1S/C30H44O2S2/c1-19-13-23(29(3,4)5)27(31)25(15-19)33-17-21-11-9-10-12-22(21)18-34-26-16-20(2)14-24(28(26)32)30(6,7)8/h13-16,21-22,31-32H,9-12,17-18H2,1-8H3/t21-,22-/m1/s1. The van der Waals surface area contributed by atoms with E-state index < -0.39 is 0 Å². The third-order valence-corrected chi connectivity index (χ3v) is 9.46. The molecular weight excluding hydrogens is 456 g/mol. The molecule has 1 fully saturated rings. The monoisotopic (exact) mass is 500 g/mol. The highest BCUT2D eigenvalue weighted by Crippen LogP contribution is 2.44. The molecule has 0 bridgehead atoms. The Morgan fingerprint density at radius 3 is 1.35 bits per heavy atom. The third-order valence-electron chi connectivity index (χ3n) is 7.03. The molecule has 34 heavy (non-hydrogen) atoms. The van der Waals surface area contributed by atoms with Crippen molar-refractivity contribution in [3.8, 4) is 11.5 Å². The molecule has 2 aromatic rings. The summed E-state index contributed by atoms with van der Waals surface area (Å²) in [4.78, 5) is 2.04. The molecule has 4 heteroatoms. The highest BCUT2D eigenvalue weighted by atomic mass is 32.2. The van der Waals surface area contributed by atoms with E-state index in [1.165, 1.54) is 36.8 Å². The molecule has 0 heterocycles. The van der Waals surface area contributed by atoms with Crippen molar-refractivity contribution < 1.29 is 10.2 Å². The topological polar surface area (TPSA) is 40.5 Å². The summed E-state index contributed by atoms with van der Waals surface area (Å²) < 4.78 is 0. The molecule has 1 aliphatic carbocycles. The number of phenols is 2. The number of hydrogen-bond acceptors (Lipinski definition) is 4. The minimum Gasteiger partial charge on any atom is -0.506 e. The zero-order valence-electron chi connectivity index (χ0n) is 22.4. The molecule has 3 rings (SSSR count). The van der Waals surface area contributed by atoms with Crippen molar-refractivity contribution in [2.75, 3.05) is 11.5 Å². The van der Waals surface area contributed by atoms with Crippen LogP contribution < -0.4 is 0 Å². The Morgan fingerprint density at radius 1 is 0.676 bits per heavy atom. The van der Waals surface area contributed by atoms with Crippen LogP contribution in [0.15, 0.2) is 34.1 Å². The zero-order valence-corrected chi connectivity index (χ0v) is 24.1. The maximum Gasteiger partial charge on any atom is 0.132 e. The number of aromatic hydroxyl groups is 2. The van der Waals surface area contributed by atoms with Crippen LogP contribution in [0.2, 0.25) is 0 Å².